The lowest BCUT2D eigenvalue weighted by Crippen LogP contribution is -2.81. The molecule has 0 aromatic carbocycles. The van der Waals surface area contributed by atoms with Gasteiger partial charge in [-0.15, -0.1) is 0 Å². The molecule has 3 nitrogen and oxygen atoms in total. The molecule has 4 saturated heterocycles. The topological polar surface area (TPSA) is 9.72 Å². The number of hydrogen-bond donors (Lipinski definition) is 0. The van der Waals surface area contributed by atoms with Gasteiger partial charge in [0.1, 0.15) is 0 Å². The number of rotatable bonds is 0. The molecule has 9 fully saturated rings. The Hall–Kier alpha value is -0.120. The van der Waals surface area contributed by atoms with Crippen LogP contribution in [0.15, 0.2) is 0 Å². The van der Waals surface area contributed by atoms with E-state index in [9.17, 15) is 0 Å². The van der Waals surface area contributed by atoms with Gasteiger partial charge in [0.15, 0.2) is 0 Å². The van der Waals surface area contributed by atoms with Crippen LogP contribution in [0.4, 0.5) is 0 Å². The Balaban J connectivity index is 1.18. The van der Waals surface area contributed by atoms with Crippen molar-refractivity contribution in [1.82, 2.24) is 14.7 Å². The number of fused-ring (bicyclic) bond motifs is 10. The standard InChI is InChI=1S/C30H47N3/c1-3-12-22-18(8-1)20-10-5-14-24-28(20)31(22)26-16-7-17-27-30(26)33(24)25-15-6-11-21-19-9-2-4-13-23(19)32(27)29(21)25/h18-30H,1-17H2. The first kappa shape index (κ1) is 20.0. The monoisotopic (exact) mass is 449 g/mol. The predicted molar refractivity (Wildman–Crippen MR) is 132 cm³/mol. The van der Waals surface area contributed by atoms with Gasteiger partial charge in [-0.05, 0) is 87.9 Å². The molecule has 0 spiro atoms. The summed E-state index contributed by atoms with van der Waals surface area (Å²) in [5, 5.41) is 0. The van der Waals surface area contributed by atoms with Gasteiger partial charge in [-0.25, -0.2) is 0 Å². The van der Waals surface area contributed by atoms with Crippen molar-refractivity contribution in [3.05, 3.63) is 0 Å². The molecule has 5 saturated carbocycles. The number of piperazine rings is 2. The van der Waals surface area contributed by atoms with E-state index in [0.29, 0.717) is 0 Å². The highest BCUT2D eigenvalue weighted by molar-refractivity contribution is 5.24. The fourth-order valence-corrected chi connectivity index (χ4v) is 13.1. The Morgan fingerprint density at radius 2 is 0.606 bits per heavy atom. The molecule has 0 N–H and O–H groups in total. The first-order valence-corrected chi connectivity index (χ1v) is 15.7. The smallest absolute Gasteiger partial charge is 0.0414 e. The highest BCUT2D eigenvalue weighted by atomic mass is 15.5. The van der Waals surface area contributed by atoms with Crippen molar-refractivity contribution in [2.24, 2.45) is 23.7 Å². The molecule has 33 heavy (non-hydrogen) atoms. The van der Waals surface area contributed by atoms with E-state index < -0.39 is 0 Å². The van der Waals surface area contributed by atoms with Crippen LogP contribution in [0, 0.1) is 23.7 Å². The Labute approximate surface area is 202 Å². The van der Waals surface area contributed by atoms with Crippen LogP contribution in [0.5, 0.6) is 0 Å². The molecule has 0 amide bonds. The maximum atomic E-state index is 3.38. The third kappa shape index (κ3) is 2.45. The van der Waals surface area contributed by atoms with Crippen molar-refractivity contribution in [1.29, 1.82) is 0 Å². The quantitative estimate of drug-likeness (QED) is 0.488. The zero-order chi connectivity index (χ0) is 21.3. The Morgan fingerprint density at radius 1 is 0.273 bits per heavy atom. The summed E-state index contributed by atoms with van der Waals surface area (Å²) >= 11 is 0. The Morgan fingerprint density at radius 3 is 1.12 bits per heavy atom. The second-order valence-electron chi connectivity index (χ2n) is 14.2. The van der Waals surface area contributed by atoms with E-state index in [1.54, 1.807) is 38.5 Å². The zero-order valence-electron chi connectivity index (χ0n) is 20.9. The fourth-order valence-electron chi connectivity index (χ4n) is 13.1. The van der Waals surface area contributed by atoms with Crippen LogP contribution in [0.2, 0.25) is 0 Å². The summed E-state index contributed by atoms with van der Waals surface area (Å²) in [6.07, 6.45) is 26.2. The lowest BCUT2D eigenvalue weighted by atomic mass is 9.66. The molecule has 9 aliphatic rings. The van der Waals surface area contributed by atoms with E-state index in [4.69, 9.17) is 0 Å². The van der Waals surface area contributed by atoms with Crippen LogP contribution < -0.4 is 0 Å². The maximum Gasteiger partial charge on any atom is 0.0414 e. The molecule has 9 rings (SSSR count). The molecular weight excluding hydrogens is 402 g/mol. The van der Waals surface area contributed by atoms with Crippen molar-refractivity contribution in [3.63, 3.8) is 0 Å². The summed E-state index contributed by atoms with van der Waals surface area (Å²) in [5.41, 5.74) is 0. The van der Waals surface area contributed by atoms with Gasteiger partial charge in [0.2, 0.25) is 0 Å². The van der Waals surface area contributed by atoms with Gasteiger partial charge in [-0.1, -0.05) is 44.9 Å². The zero-order valence-corrected chi connectivity index (χ0v) is 20.9. The van der Waals surface area contributed by atoms with E-state index in [1.807, 2.05) is 0 Å². The molecule has 4 aliphatic heterocycles. The predicted octanol–water partition coefficient (Wildman–Crippen LogP) is 5.43. The van der Waals surface area contributed by atoms with E-state index in [1.165, 1.54) is 70.6 Å². The molecule has 4 heterocycles. The lowest BCUT2D eigenvalue weighted by Gasteiger charge is -2.69. The molecule has 5 aliphatic carbocycles. The van der Waals surface area contributed by atoms with Crippen molar-refractivity contribution in [2.75, 3.05) is 0 Å². The van der Waals surface area contributed by atoms with Gasteiger partial charge in [0, 0.05) is 54.4 Å². The first-order chi connectivity index (χ1) is 16.4. The average Bonchev–Trinajstić information content (AvgIpc) is 3.39. The van der Waals surface area contributed by atoms with Crippen molar-refractivity contribution in [3.8, 4) is 0 Å². The summed E-state index contributed by atoms with van der Waals surface area (Å²) in [5.74, 6) is 4.24. The summed E-state index contributed by atoms with van der Waals surface area (Å²) in [6.45, 7) is 0. The summed E-state index contributed by atoms with van der Waals surface area (Å²) in [6, 6.07) is 8.38. The van der Waals surface area contributed by atoms with E-state index in [2.05, 4.69) is 14.7 Å². The van der Waals surface area contributed by atoms with Crippen molar-refractivity contribution < 1.29 is 0 Å². The van der Waals surface area contributed by atoms with Gasteiger partial charge < -0.3 is 0 Å². The molecule has 12 atom stereocenters. The summed E-state index contributed by atoms with van der Waals surface area (Å²) in [4.78, 5) is 10.0. The van der Waals surface area contributed by atoms with Crippen molar-refractivity contribution in [2.45, 2.75) is 164 Å². The summed E-state index contributed by atoms with van der Waals surface area (Å²) < 4.78 is 0. The molecule has 3 heteroatoms. The number of hydrogen-bond acceptors (Lipinski definition) is 3. The molecule has 0 radical (unpaired) electrons. The van der Waals surface area contributed by atoms with Crippen LogP contribution in [-0.4, -0.2) is 69.1 Å². The molecule has 12 unspecified atom stereocenters. The Kier molecular flexibility index (Phi) is 4.38. The van der Waals surface area contributed by atoms with Gasteiger partial charge in [-0.3, -0.25) is 14.7 Å². The van der Waals surface area contributed by atoms with Gasteiger partial charge in [0.25, 0.3) is 0 Å². The van der Waals surface area contributed by atoms with E-state index in [-0.39, 0.29) is 0 Å². The van der Waals surface area contributed by atoms with E-state index >= 15 is 0 Å². The summed E-state index contributed by atoms with van der Waals surface area (Å²) in [7, 11) is 0. The molecule has 0 aromatic heterocycles. The third-order valence-electron chi connectivity index (χ3n) is 13.5. The van der Waals surface area contributed by atoms with Crippen molar-refractivity contribution >= 4 is 0 Å². The SMILES string of the molecule is C1CCC2C(C1)C1CCCC3C1N2C1CCCC2C1N3C1CCCC3C4CCCCC4N2C31. The van der Waals surface area contributed by atoms with Gasteiger partial charge in [0.05, 0.1) is 0 Å². The molecule has 0 aromatic rings. The number of nitrogens with zero attached hydrogens (tertiary/aromatic N) is 3. The van der Waals surface area contributed by atoms with Crippen LogP contribution in [0.1, 0.15) is 109 Å². The van der Waals surface area contributed by atoms with Gasteiger partial charge >= 0.3 is 0 Å². The van der Waals surface area contributed by atoms with Gasteiger partial charge in [-0.2, -0.15) is 0 Å². The Bertz CT molecular complexity index is 735. The third-order valence-corrected chi connectivity index (χ3v) is 13.5. The minimum atomic E-state index is 0.889. The molecule has 182 valence electrons. The second kappa shape index (κ2) is 7.22. The normalized spacial score (nSPS) is 59.8. The average molecular weight is 450 g/mol. The van der Waals surface area contributed by atoms with Crippen LogP contribution in [0.3, 0.4) is 0 Å². The van der Waals surface area contributed by atoms with Crippen LogP contribution in [-0.2, 0) is 0 Å². The highest BCUT2D eigenvalue weighted by Crippen LogP contribution is 2.61. The first-order valence-electron chi connectivity index (χ1n) is 15.7. The maximum absolute atomic E-state index is 3.38. The minimum Gasteiger partial charge on any atom is -0.291 e. The second-order valence-corrected chi connectivity index (χ2v) is 14.2. The van der Waals surface area contributed by atoms with Crippen LogP contribution in [0.25, 0.3) is 0 Å². The van der Waals surface area contributed by atoms with Crippen LogP contribution >= 0.6 is 0 Å². The fraction of sp³-hybridized carbons (Fsp3) is 1.00. The highest BCUT2D eigenvalue weighted by Gasteiger charge is 2.69. The van der Waals surface area contributed by atoms with E-state index in [0.717, 1.165) is 78.0 Å². The largest absolute Gasteiger partial charge is 0.291 e. The molecule has 0 bridgehead atoms. The minimum absolute atomic E-state index is 0.889. The molecular formula is C30H47N3. The lowest BCUT2D eigenvalue weighted by molar-refractivity contribution is -0.192.